The van der Waals surface area contributed by atoms with Crippen molar-refractivity contribution in [2.24, 2.45) is 0 Å². The smallest absolute Gasteiger partial charge is 0.220 e. The lowest BCUT2D eigenvalue weighted by Crippen LogP contribution is -2.09. The van der Waals surface area contributed by atoms with Crippen LogP contribution in [0.3, 0.4) is 0 Å². The summed E-state index contributed by atoms with van der Waals surface area (Å²) in [7, 11) is 0. The standard InChI is InChI=1S/C8H7N3O/c9-8-10-4-5-3-6(12)1-2-7(5)11-8/h1-2,4H,3H2,(H2,9,10,11). The van der Waals surface area contributed by atoms with Gasteiger partial charge in [0, 0.05) is 18.2 Å². The van der Waals surface area contributed by atoms with E-state index in [4.69, 9.17) is 5.73 Å². The Bertz CT molecular complexity index is 371. The molecule has 1 heterocycles. The van der Waals surface area contributed by atoms with E-state index in [1.807, 2.05) is 0 Å². The second-order valence-corrected chi connectivity index (χ2v) is 2.62. The molecular formula is C8H7N3O. The molecule has 1 aliphatic carbocycles. The maximum atomic E-state index is 10.9. The lowest BCUT2D eigenvalue weighted by atomic mass is 10.0. The fourth-order valence-electron chi connectivity index (χ4n) is 1.13. The fraction of sp³-hybridized carbons (Fsp3) is 0.125. The number of anilines is 1. The third-order valence-corrected chi connectivity index (χ3v) is 1.71. The minimum Gasteiger partial charge on any atom is -0.368 e. The molecule has 0 amide bonds. The van der Waals surface area contributed by atoms with Gasteiger partial charge in [-0.2, -0.15) is 0 Å². The number of hydrogen-bond acceptors (Lipinski definition) is 4. The van der Waals surface area contributed by atoms with E-state index < -0.39 is 0 Å². The summed E-state index contributed by atoms with van der Waals surface area (Å²) in [5.74, 6) is 0.323. The van der Waals surface area contributed by atoms with Crippen molar-refractivity contribution in [3.63, 3.8) is 0 Å². The van der Waals surface area contributed by atoms with Crippen molar-refractivity contribution in [2.75, 3.05) is 5.73 Å². The highest BCUT2D eigenvalue weighted by atomic mass is 16.1. The van der Waals surface area contributed by atoms with E-state index in [1.54, 1.807) is 12.3 Å². The summed E-state index contributed by atoms with van der Waals surface area (Å²) in [6, 6.07) is 0. The topological polar surface area (TPSA) is 68.9 Å². The highest BCUT2D eigenvalue weighted by Gasteiger charge is 2.11. The zero-order valence-electron chi connectivity index (χ0n) is 6.32. The van der Waals surface area contributed by atoms with Crippen LogP contribution < -0.4 is 5.73 Å². The molecule has 1 aliphatic rings. The number of allylic oxidation sites excluding steroid dienone is 1. The number of carbonyl (C=O) groups excluding carboxylic acids is 1. The molecule has 0 unspecified atom stereocenters. The first kappa shape index (κ1) is 6.97. The first-order valence-electron chi connectivity index (χ1n) is 3.58. The van der Waals surface area contributed by atoms with Crippen molar-refractivity contribution in [1.82, 2.24) is 9.97 Å². The summed E-state index contributed by atoms with van der Waals surface area (Å²) < 4.78 is 0. The van der Waals surface area contributed by atoms with Crippen molar-refractivity contribution in [2.45, 2.75) is 6.42 Å². The van der Waals surface area contributed by atoms with E-state index in [0.717, 1.165) is 11.3 Å². The second-order valence-electron chi connectivity index (χ2n) is 2.62. The number of nitrogens with zero attached hydrogens (tertiary/aromatic N) is 2. The van der Waals surface area contributed by atoms with Crippen LogP contribution in [0.25, 0.3) is 6.08 Å². The quantitative estimate of drug-likeness (QED) is 0.590. The molecule has 0 aliphatic heterocycles. The van der Waals surface area contributed by atoms with Gasteiger partial charge in [0.2, 0.25) is 5.95 Å². The molecule has 12 heavy (non-hydrogen) atoms. The van der Waals surface area contributed by atoms with Crippen LogP contribution in [-0.4, -0.2) is 15.8 Å². The van der Waals surface area contributed by atoms with Crippen molar-refractivity contribution >= 4 is 17.8 Å². The van der Waals surface area contributed by atoms with E-state index in [-0.39, 0.29) is 11.7 Å². The van der Waals surface area contributed by atoms with Crippen LogP contribution in [-0.2, 0) is 11.2 Å². The van der Waals surface area contributed by atoms with Crippen LogP contribution in [0.2, 0.25) is 0 Å². The molecule has 2 N–H and O–H groups in total. The zero-order chi connectivity index (χ0) is 8.55. The minimum atomic E-state index is 0.0795. The summed E-state index contributed by atoms with van der Waals surface area (Å²) in [4.78, 5) is 18.7. The summed E-state index contributed by atoms with van der Waals surface area (Å²) in [5, 5.41) is 0. The van der Waals surface area contributed by atoms with E-state index in [0.29, 0.717) is 6.42 Å². The van der Waals surface area contributed by atoms with Crippen LogP contribution >= 0.6 is 0 Å². The van der Waals surface area contributed by atoms with Gasteiger partial charge in [0.15, 0.2) is 5.78 Å². The van der Waals surface area contributed by atoms with Gasteiger partial charge in [0.05, 0.1) is 5.69 Å². The first-order valence-corrected chi connectivity index (χ1v) is 3.58. The molecule has 0 atom stereocenters. The highest BCUT2D eigenvalue weighted by molar-refractivity contribution is 5.97. The van der Waals surface area contributed by atoms with Gasteiger partial charge in [-0.3, -0.25) is 4.79 Å². The first-order chi connectivity index (χ1) is 5.75. The van der Waals surface area contributed by atoms with Crippen molar-refractivity contribution in [1.29, 1.82) is 0 Å². The van der Waals surface area contributed by atoms with Crippen LogP contribution in [0.15, 0.2) is 12.3 Å². The Hall–Kier alpha value is -1.71. The maximum absolute atomic E-state index is 10.9. The van der Waals surface area contributed by atoms with E-state index in [2.05, 4.69) is 9.97 Å². The predicted molar refractivity (Wildman–Crippen MR) is 44.2 cm³/mol. The summed E-state index contributed by atoms with van der Waals surface area (Å²) in [6.45, 7) is 0. The molecule has 1 aromatic heterocycles. The molecule has 2 rings (SSSR count). The van der Waals surface area contributed by atoms with Gasteiger partial charge in [-0.1, -0.05) is 0 Å². The van der Waals surface area contributed by atoms with Gasteiger partial charge < -0.3 is 5.73 Å². The number of aromatic nitrogens is 2. The third-order valence-electron chi connectivity index (χ3n) is 1.71. The van der Waals surface area contributed by atoms with Gasteiger partial charge in [-0.15, -0.1) is 0 Å². The number of hydrogen-bond donors (Lipinski definition) is 1. The Morgan fingerprint density at radius 1 is 1.42 bits per heavy atom. The van der Waals surface area contributed by atoms with E-state index in [1.165, 1.54) is 6.08 Å². The second kappa shape index (κ2) is 2.41. The molecule has 4 heteroatoms. The van der Waals surface area contributed by atoms with Gasteiger partial charge in [0.1, 0.15) is 0 Å². The van der Waals surface area contributed by atoms with Crippen LogP contribution in [0, 0.1) is 0 Å². The Labute approximate surface area is 69.1 Å². The molecule has 0 radical (unpaired) electrons. The van der Waals surface area contributed by atoms with Gasteiger partial charge in [0.25, 0.3) is 0 Å². The summed E-state index contributed by atoms with van der Waals surface area (Å²) in [6.07, 6.45) is 5.15. The molecule has 0 bridgehead atoms. The van der Waals surface area contributed by atoms with Gasteiger partial charge in [-0.05, 0) is 12.2 Å². The molecular weight excluding hydrogens is 154 g/mol. The molecule has 0 saturated carbocycles. The largest absolute Gasteiger partial charge is 0.368 e. The SMILES string of the molecule is Nc1ncc2c(n1)C=CC(=O)C2. The Morgan fingerprint density at radius 3 is 3.08 bits per heavy atom. The van der Waals surface area contributed by atoms with Crippen molar-refractivity contribution in [3.8, 4) is 0 Å². The molecule has 0 aromatic carbocycles. The van der Waals surface area contributed by atoms with Crippen LogP contribution in [0.5, 0.6) is 0 Å². The van der Waals surface area contributed by atoms with E-state index in [9.17, 15) is 4.79 Å². The molecule has 0 saturated heterocycles. The van der Waals surface area contributed by atoms with Gasteiger partial charge in [-0.25, -0.2) is 9.97 Å². The predicted octanol–water partition coefficient (Wildman–Crippen LogP) is 0.197. The summed E-state index contributed by atoms with van der Waals surface area (Å²) in [5.41, 5.74) is 6.97. The number of fused-ring (bicyclic) bond motifs is 1. The summed E-state index contributed by atoms with van der Waals surface area (Å²) >= 11 is 0. The highest BCUT2D eigenvalue weighted by Crippen LogP contribution is 2.14. The van der Waals surface area contributed by atoms with Crippen molar-refractivity contribution in [3.05, 3.63) is 23.5 Å². The zero-order valence-corrected chi connectivity index (χ0v) is 6.32. The molecule has 1 aromatic rings. The third kappa shape index (κ3) is 1.07. The monoisotopic (exact) mass is 161 g/mol. The minimum absolute atomic E-state index is 0.0795. The molecule has 60 valence electrons. The van der Waals surface area contributed by atoms with Crippen molar-refractivity contribution < 1.29 is 4.79 Å². The lowest BCUT2D eigenvalue weighted by Gasteiger charge is -2.07. The number of nitrogen functional groups attached to an aromatic ring is 1. The average molecular weight is 161 g/mol. The molecule has 0 fully saturated rings. The Kier molecular flexibility index (Phi) is 1.40. The molecule has 0 spiro atoms. The number of ketones is 1. The van der Waals surface area contributed by atoms with Crippen LogP contribution in [0.1, 0.15) is 11.3 Å². The Balaban J connectivity index is 2.54. The molecule has 4 nitrogen and oxygen atoms in total. The average Bonchev–Trinajstić information content (AvgIpc) is 2.05. The van der Waals surface area contributed by atoms with E-state index >= 15 is 0 Å². The number of rotatable bonds is 0. The van der Waals surface area contributed by atoms with Gasteiger partial charge >= 0.3 is 0 Å². The van der Waals surface area contributed by atoms with Crippen LogP contribution in [0.4, 0.5) is 5.95 Å². The lowest BCUT2D eigenvalue weighted by molar-refractivity contribution is -0.114. The number of carbonyl (C=O) groups is 1. The maximum Gasteiger partial charge on any atom is 0.220 e. The number of nitrogens with two attached hydrogens (primary N) is 1. The normalized spacial score (nSPS) is 14.5. The fourth-order valence-corrected chi connectivity index (χ4v) is 1.13. The Morgan fingerprint density at radius 2 is 2.25 bits per heavy atom.